The molecule has 0 bridgehead atoms. The van der Waals surface area contributed by atoms with Crippen molar-refractivity contribution in [1.29, 1.82) is 0 Å². The maximum atomic E-state index is 12.2. The highest BCUT2D eigenvalue weighted by Gasteiger charge is 2.07. The van der Waals surface area contributed by atoms with Gasteiger partial charge in [-0.25, -0.2) is 4.98 Å². The van der Waals surface area contributed by atoms with E-state index in [2.05, 4.69) is 9.97 Å². The molecule has 4 rings (SSSR count). The molecule has 4 nitrogen and oxygen atoms in total. The Labute approximate surface area is 136 Å². The van der Waals surface area contributed by atoms with Gasteiger partial charge < -0.3 is 9.72 Å². The number of fused-ring (bicyclic) bond motifs is 3. The molecular weight excluding hydrogens is 312 g/mol. The molecule has 0 aliphatic heterocycles. The zero-order chi connectivity index (χ0) is 15.8. The summed E-state index contributed by atoms with van der Waals surface area (Å²) in [5.74, 6) is 1.28. The molecule has 0 unspecified atom stereocenters. The van der Waals surface area contributed by atoms with Gasteiger partial charge in [-0.1, -0.05) is 17.7 Å². The SMILES string of the molecule is O=c1[nH]c2ncccc2c2cc(Oc3cccc(Cl)c3)ccc12. The topological polar surface area (TPSA) is 55.0 Å². The lowest BCUT2D eigenvalue weighted by Crippen LogP contribution is -2.07. The number of pyridine rings is 2. The normalized spacial score (nSPS) is 11.0. The summed E-state index contributed by atoms with van der Waals surface area (Å²) in [5.41, 5.74) is 0.394. The van der Waals surface area contributed by atoms with Crippen molar-refractivity contribution < 1.29 is 4.74 Å². The van der Waals surface area contributed by atoms with Crippen LogP contribution in [-0.4, -0.2) is 9.97 Å². The molecule has 0 saturated heterocycles. The van der Waals surface area contributed by atoms with Gasteiger partial charge in [-0.3, -0.25) is 4.79 Å². The predicted molar refractivity (Wildman–Crippen MR) is 91.4 cm³/mol. The second kappa shape index (κ2) is 5.41. The average Bonchev–Trinajstić information content (AvgIpc) is 2.55. The van der Waals surface area contributed by atoms with E-state index < -0.39 is 0 Å². The van der Waals surface area contributed by atoms with Crippen molar-refractivity contribution in [2.45, 2.75) is 0 Å². The summed E-state index contributed by atoms with van der Waals surface area (Å²) in [5, 5.41) is 2.88. The lowest BCUT2D eigenvalue weighted by atomic mass is 10.1. The molecular formula is C18H11ClN2O2. The predicted octanol–water partition coefficient (Wildman–Crippen LogP) is 4.52. The third kappa shape index (κ3) is 2.53. The molecule has 23 heavy (non-hydrogen) atoms. The Morgan fingerprint density at radius 2 is 1.78 bits per heavy atom. The third-order valence-electron chi connectivity index (χ3n) is 3.60. The van der Waals surface area contributed by atoms with Crippen LogP contribution in [-0.2, 0) is 0 Å². The molecule has 2 aromatic carbocycles. The van der Waals surface area contributed by atoms with Crippen LogP contribution < -0.4 is 10.3 Å². The zero-order valence-corrected chi connectivity index (χ0v) is 12.7. The summed E-state index contributed by atoms with van der Waals surface area (Å²) >= 11 is 5.97. The van der Waals surface area contributed by atoms with E-state index >= 15 is 0 Å². The van der Waals surface area contributed by atoms with Gasteiger partial charge in [0.25, 0.3) is 5.56 Å². The van der Waals surface area contributed by atoms with E-state index in [9.17, 15) is 4.79 Å². The van der Waals surface area contributed by atoms with Gasteiger partial charge in [0.2, 0.25) is 0 Å². The first kappa shape index (κ1) is 13.8. The molecule has 1 N–H and O–H groups in total. The highest BCUT2D eigenvalue weighted by molar-refractivity contribution is 6.30. The van der Waals surface area contributed by atoms with E-state index in [1.54, 1.807) is 30.5 Å². The van der Waals surface area contributed by atoms with Crippen LogP contribution in [0.15, 0.2) is 65.6 Å². The van der Waals surface area contributed by atoms with E-state index in [4.69, 9.17) is 16.3 Å². The number of nitrogens with zero attached hydrogens (tertiary/aromatic N) is 1. The molecule has 0 saturated carbocycles. The molecule has 2 aromatic heterocycles. The number of hydrogen-bond donors (Lipinski definition) is 1. The fourth-order valence-corrected chi connectivity index (χ4v) is 2.75. The van der Waals surface area contributed by atoms with Crippen molar-refractivity contribution in [2.24, 2.45) is 0 Å². The average molecular weight is 323 g/mol. The highest BCUT2D eigenvalue weighted by atomic mass is 35.5. The van der Waals surface area contributed by atoms with E-state index in [1.807, 2.05) is 30.3 Å². The van der Waals surface area contributed by atoms with E-state index in [1.165, 1.54) is 0 Å². The minimum atomic E-state index is -0.166. The summed E-state index contributed by atoms with van der Waals surface area (Å²) in [4.78, 5) is 19.1. The quantitative estimate of drug-likeness (QED) is 0.552. The summed E-state index contributed by atoms with van der Waals surface area (Å²) in [6, 6.07) is 16.3. The maximum Gasteiger partial charge on any atom is 0.257 e. The number of aromatic amines is 1. The summed E-state index contributed by atoms with van der Waals surface area (Å²) in [7, 11) is 0. The van der Waals surface area contributed by atoms with Crippen LogP contribution in [0.4, 0.5) is 0 Å². The molecule has 0 spiro atoms. The van der Waals surface area contributed by atoms with Crippen LogP contribution >= 0.6 is 11.6 Å². The Kier molecular flexibility index (Phi) is 3.24. The van der Waals surface area contributed by atoms with Crippen LogP contribution in [0.5, 0.6) is 11.5 Å². The van der Waals surface area contributed by atoms with Crippen LogP contribution in [0.2, 0.25) is 5.02 Å². The second-order valence-corrected chi connectivity index (χ2v) is 5.56. The molecule has 0 aliphatic carbocycles. The number of nitrogens with one attached hydrogen (secondary N) is 1. The Hall–Kier alpha value is -2.85. The molecule has 4 aromatic rings. The molecule has 0 radical (unpaired) electrons. The first-order valence-corrected chi connectivity index (χ1v) is 7.43. The van der Waals surface area contributed by atoms with Crippen LogP contribution in [0.3, 0.4) is 0 Å². The lowest BCUT2D eigenvalue weighted by Gasteiger charge is -2.08. The van der Waals surface area contributed by atoms with Gasteiger partial charge in [-0.05, 0) is 48.5 Å². The van der Waals surface area contributed by atoms with E-state index in [0.717, 1.165) is 10.8 Å². The monoisotopic (exact) mass is 322 g/mol. The van der Waals surface area contributed by atoms with Crippen molar-refractivity contribution in [3.63, 3.8) is 0 Å². The van der Waals surface area contributed by atoms with E-state index in [-0.39, 0.29) is 5.56 Å². The van der Waals surface area contributed by atoms with Crippen molar-refractivity contribution in [3.05, 3.63) is 76.2 Å². The van der Waals surface area contributed by atoms with Gasteiger partial charge >= 0.3 is 0 Å². The van der Waals surface area contributed by atoms with Gasteiger partial charge in [-0.15, -0.1) is 0 Å². The standard InChI is InChI=1S/C18H11ClN2O2/c19-11-3-1-4-12(9-11)23-13-6-7-15-16(10-13)14-5-2-8-20-17(14)21-18(15)22/h1-10H,(H,20,21,22). The number of ether oxygens (including phenoxy) is 1. The van der Waals surface area contributed by atoms with Gasteiger partial charge in [-0.2, -0.15) is 0 Å². The fourth-order valence-electron chi connectivity index (χ4n) is 2.57. The zero-order valence-electron chi connectivity index (χ0n) is 11.9. The number of rotatable bonds is 2. The molecule has 0 amide bonds. The number of hydrogen-bond acceptors (Lipinski definition) is 3. The van der Waals surface area contributed by atoms with Gasteiger partial charge in [0.15, 0.2) is 0 Å². The minimum Gasteiger partial charge on any atom is -0.457 e. The number of H-pyrrole nitrogens is 1. The number of halogens is 1. The summed E-state index contributed by atoms with van der Waals surface area (Å²) in [6.07, 6.45) is 1.65. The largest absolute Gasteiger partial charge is 0.457 e. The third-order valence-corrected chi connectivity index (χ3v) is 3.83. The Morgan fingerprint density at radius 1 is 0.913 bits per heavy atom. The molecule has 2 heterocycles. The first-order chi connectivity index (χ1) is 11.2. The van der Waals surface area contributed by atoms with Crippen molar-refractivity contribution in [2.75, 3.05) is 0 Å². The van der Waals surface area contributed by atoms with Gasteiger partial charge in [0.1, 0.15) is 17.1 Å². The van der Waals surface area contributed by atoms with Crippen LogP contribution in [0.1, 0.15) is 0 Å². The number of aromatic nitrogens is 2. The molecule has 112 valence electrons. The Balaban J connectivity index is 1.90. The fraction of sp³-hybridized carbons (Fsp3) is 0. The minimum absolute atomic E-state index is 0.166. The maximum absolute atomic E-state index is 12.2. The lowest BCUT2D eigenvalue weighted by molar-refractivity contribution is 0.483. The van der Waals surface area contributed by atoms with Crippen molar-refractivity contribution in [1.82, 2.24) is 9.97 Å². The van der Waals surface area contributed by atoms with Crippen LogP contribution in [0.25, 0.3) is 21.8 Å². The van der Waals surface area contributed by atoms with Crippen LogP contribution in [0, 0.1) is 0 Å². The molecule has 0 atom stereocenters. The molecule has 5 heteroatoms. The number of benzene rings is 2. The Bertz CT molecular complexity index is 1090. The highest BCUT2D eigenvalue weighted by Crippen LogP contribution is 2.28. The van der Waals surface area contributed by atoms with E-state index in [0.29, 0.717) is 27.6 Å². The van der Waals surface area contributed by atoms with Gasteiger partial charge in [0, 0.05) is 27.4 Å². The molecule has 0 fully saturated rings. The Morgan fingerprint density at radius 3 is 2.65 bits per heavy atom. The van der Waals surface area contributed by atoms with Crippen molar-refractivity contribution >= 4 is 33.4 Å². The summed E-state index contributed by atoms with van der Waals surface area (Å²) in [6.45, 7) is 0. The smallest absolute Gasteiger partial charge is 0.257 e. The first-order valence-electron chi connectivity index (χ1n) is 7.05. The van der Waals surface area contributed by atoms with Gasteiger partial charge in [0.05, 0.1) is 0 Å². The molecule has 0 aliphatic rings. The summed E-state index contributed by atoms with van der Waals surface area (Å²) < 4.78 is 5.84. The second-order valence-electron chi connectivity index (χ2n) is 5.12. The van der Waals surface area contributed by atoms with Crippen molar-refractivity contribution in [3.8, 4) is 11.5 Å².